The van der Waals surface area contributed by atoms with Gasteiger partial charge in [0.15, 0.2) is 0 Å². The lowest BCUT2D eigenvalue weighted by molar-refractivity contribution is -0.120. The van der Waals surface area contributed by atoms with Gasteiger partial charge in [-0.1, -0.05) is 91.0 Å². The largest absolute Gasteiger partial charge is 0.356 e. The summed E-state index contributed by atoms with van der Waals surface area (Å²) < 4.78 is 0. The topological polar surface area (TPSA) is 85.5 Å². The zero-order chi connectivity index (χ0) is 27.9. The maximum absolute atomic E-state index is 14.2. The van der Waals surface area contributed by atoms with Crippen LogP contribution in [0.4, 0.5) is 10.5 Å². The van der Waals surface area contributed by atoms with E-state index in [9.17, 15) is 14.4 Å². The van der Waals surface area contributed by atoms with E-state index in [0.29, 0.717) is 30.6 Å². The minimum atomic E-state index is -0.686. The van der Waals surface area contributed by atoms with Crippen molar-refractivity contribution in [1.82, 2.24) is 15.2 Å². The molecule has 0 spiro atoms. The average Bonchev–Trinajstić information content (AvgIpc) is 3.51. The summed E-state index contributed by atoms with van der Waals surface area (Å²) in [5.74, 6) is -0.644. The van der Waals surface area contributed by atoms with Gasteiger partial charge >= 0.3 is 6.03 Å². The SMILES string of the molecule is O=C(NCCc1ccccc1)c1ccccc1N1C(=O)[C@@H]2Cc3c([nH]c4ccccc34)C(c3ccccc3)N2C1=O. The number of urea groups is 1. The maximum Gasteiger partial charge on any atom is 0.332 e. The van der Waals surface area contributed by atoms with Crippen LogP contribution < -0.4 is 10.2 Å². The Kier molecular flexibility index (Phi) is 6.12. The van der Waals surface area contributed by atoms with E-state index < -0.39 is 18.1 Å². The highest BCUT2D eigenvalue weighted by molar-refractivity contribution is 6.24. The minimum absolute atomic E-state index is 0.294. The Morgan fingerprint density at radius 2 is 1.51 bits per heavy atom. The van der Waals surface area contributed by atoms with E-state index in [1.54, 1.807) is 29.2 Å². The summed E-state index contributed by atoms with van der Waals surface area (Å²) in [5.41, 5.74) is 5.57. The molecule has 1 saturated heterocycles. The molecule has 2 atom stereocenters. The molecule has 1 aromatic heterocycles. The van der Waals surface area contributed by atoms with Crippen molar-refractivity contribution in [2.45, 2.75) is 24.9 Å². The lowest BCUT2D eigenvalue weighted by Crippen LogP contribution is -2.44. The lowest BCUT2D eigenvalue weighted by atomic mass is 9.89. The maximum atomic E-state index is 14.2. The van der Waals surface area contributed by atoms with Crippen LogP contribution in [-0.4, -0.2) is 40.3 Å². The molecule has 4 aromatic carbocycles. The van der Waals surface area contributed by atoms with Crippen LogP contribution in [0.25, 0.3) is 10.9 Å². The second-order valence-corrected chi connectivity index (χ2v) is 10.5. The number of hydrogen-bond donors (Lipinski definition) is 2. The highest BCUT2D eigenvalue weighted by atomic mass is 16.2. The zero-order valence-electron chi connectivity index (χ0n) is 22.3. The number of aromatic amines is 1. The van der Waals surface area contributed by atoms with Gasteiger partial charge in [-0.2, -0.15) is 0 Å². The molecular formula is C34H28N4O3. The number of nitrogens with one attached hydrogen (secondary N) is 2. The van der Waals surface area contributed by atoms with Crippen LogP contribution in [0.3, 0.4) is 0 Å². The number of anilines is 1. The normalized spacial score (nSPS) is 18.0. The van der Waals surface area contributed by atoms with Crippen molar-refractivity contribution in [3.05, 3.63) is 137 Å². The van der Waals surface area contributed by atoms with Crippen LogP contribution in [0.1, 0.15) is 38.8 Å². The number of imide groups is 1. The summed E-state index contributed by atoms with van der Waals surface area (Å²) in [6.07, 6.45) is 1.08. The molecule has 2 aliphatic heterocycles. The lowest BCUT2D eigenvalue weighted by Gasteiger charge is -2.36. The number of hydrogen-bond acceptors (Lipinski definition) is 3. The Morgan fingerprint density at radius 3 is 2.32 bits per heavy atom. The van der Waals surface area contributed by atoms with Gasteiger partial charge in [-0.3, -0.25) is 14.5 Å². The van der Waals surface area contributed by atoms with E-state index in [0.717, 1.165) is 33.3 Å². The smallest absolute Gasteiger partial charge is 0.332 e. The summed E-state index contributed by atoms with van der Waals surface area (Å²) in [7, 11) is 0. The predicted molar refractivity (Wildman–Crippen MR) is 158 cm³/mol. The number of amides is 4. The molecule has 2 N–H and O–H groups in total. The summed E-state index contributed by atoms with van der Waals surface area (Å²) in [6.45, 7) is 0.436. The number of fused-ring (bicyclic) bond motifs is 4. The van der Waals surface area contributed by atoms with Crippen molar-refractivity contribution >= 4 is 34.4 Å². The molecule has 3 heterocycles. The first-order valence-electron chi connectivity index (χ1n) is 13.8. The van der Waals surface area contributed by atoms with Gasteiger partial charge < -0.3 is 10.3 Å². The fourth-order valence-corrected chi connectivity index (χ4v) is 6.20. The monoisotopic (exact) mass is 540 g/mol. The fraction of sp³-hybridized carbons (Fsp3) is 0.147. The van der Waals surface area contributed by atoms with E-state index in [4.69, 9.17) is 0 Å². The fourth-order valence-electron chi connectivity index (χ4n) is 6.20. The van der Waals surface area contributed by atoms with Gasteiger partial charge in [0.25, 0.3) is 11.8 Å². The number of benzene rings is 4. The van der Waals surface area contributed by atoms with E-state index in [1.807, 2.05) is 78.9 Å². The molecule has 1 unspecified atom stereocenters. The molecule has 0 bridgehead atoms. The van der Waals surface area contributed by atoms with Crippen LogP contribution >= 0.6 is 0 Å². The molecule has 7 heteroatoms. The summed E-state index contributed by atoms with van der Waals surface area (Å²) in [6, 6.07) is 33.0. The number of rotatable bonds is 6. The molecule has 41 heavy (non-hydrogen) atoms. The Labute approximate surface area is 237 Å². The Bertz CT molecular complexity index is 1780. The molecule has 7 rings (SSSR count). The van der Waals surface area contributed by atoms with Gasteiger partial charge in [-0.05, 0) is 41.3 Å². The van der Waals surface area contributed by atoms with Crippen molar-refractivity contribution in [1.29, 1.82) is 0 Å². The van der Waals surface area contributed by atoms with Crippen LogP contribution in [0.2, 0.25) is 0 Å². The summed E-state index contributed by atoms with van der Waals surface area (Å²) >= 11 is 0. The molecule has 5 aromatic rings. The molecule has 202 valence electrons. The Morgan fingerprint density at radius 1 is 0.829 bits per heavy atom. The van der Waals surface area contributed by atoms with Crippen LogP contribution in [0.15, 0.2) is 109 Å². The third kappa shape index (κ3) is 4.17. The van der Waals surface area contributed by atoms with Crippen LogP contribution in [0, 0.1) is 0 Å². The van der Waals surface area contributed by atoms with E-state index in [-0.39, 0.29) is 11.8 Å². The molecule has 4 amide bonds. The van der Waals surface area contributed by atoms with E-state index >= 15 is 0 Å². The molecule has 0 aliphatic carbocycles. The van der Waals surface area contributed by atoms with Gasteiger partial charge in [0.2, 0.25) is 0 Å². The van der Waals surface area contributed by atoms with Crippen molar-refractivity contribution in [3.8, 4) is 0 Å². The van der Waals surface area contributed by atoms with E-state index in [1.165, 1.54) is 4.90 Å². The molecule has 1 fully saturated rings. The second-order valence-electron chi connectivity index (χ2n) is 10.5. The van der Waals surface area contributed by atoms with Gasteiger partial charge in [0.1, 0.15) is 12.1 Å². The highest BCUT2D eigenvalue weighted by Crippen LogP contribution is 2.45. The van der Waals surface area contributed by atoms with Crippen molar-refractivity contribution in [3.63, 3.8) is 0 Å². The van der Waals surface area contributed by atoms with Gasteiger partial charge in [0.05, 0.1) is 11.3 Å². The van der Waals surface area contributed by atoms with E-state index in [2.05, 4.69) is 16.4 Å². The first-order chi connectivity index (χ1) is 20.1. The first-order valence-corrected chi connectivity index (χ1v) is 13.8. The minimum Gasteiger partial charge on any atom is -0.356 e. The molecule has 2 aliphatic rings. The highest BCUT2D eigenvalue weighted by Gasteiger charge is 2.53. The molecule has 0 saturated carbocycles. The zero-order valence-corrected chi connectivity index (χ0v) is 22.3. The molecular weight excluding hydrogens is 512 g/mol. The third-order valence-corrected chi connectivity index (χ3v) is 8.10. The summed E-state index contributed by atoms with van der Waals surface area (Å²) in [5, 5.41) is 4.02. The third-order valence-electron chi connectivity index (χ3n) is 8.10. The average molecular weight is 541 g/mol. The number of carbonyl (C=O) groups is 3. The number of nitrogens with zero attached hydrogens (tertiary/aromatic N) is 2. The Hall–Kier alpha value is -5.17. The number of carbonyl (C=O) groups excluding carboxylic acids is 3. The number of H-pyrrole nitrogens is 1. The first kappa shape index (κ1) is 24.8. The number of aromatic nitrogens is 1. The van der Waals surface area contributed by atoms with Gasteiger partial charge in [-0.25, -0.2) is 9.69 Å². The van der Waals surface area contributed by atoms with Crippen molar-refractivity contribution in [2.75, 3.05) is 11.4 Å². The standard InChI is InChI=1S/C34H28N4O3/c39-32(35-20-19-22-11-3-1-4-12-22)25-16-8-10-18-28(25)38-33(40)29-21-26-24-15-7-9-17-27(24)36-30(26)31(37(29)34(38)41)23-13-5-2-6-14-23/h1-18,29,31,36H,19-21H2,(H,35,39)/t29-,31?/m0/s1. The van der Waals surface area contributed by atoms with Gasteiger partial charge in [0, 0.05) is 29.6 Å². The van der Waals surface area contributed by atoms with Crippen LogP contribution in [0.5, 0.6) is 0 Å². The Balaban J connectivity index is 1.24. The quantitative estimate of drug-likeness (QED) is 0.274. The summed E-state index contributed by atoms with van der Waals surface area (Å²) in [4.78, 5) is 48.1. The van der Waals surface area contributed by atoms with Crippen molar-refractivity contribution in [2.24, 2.45) is 0 Å². The molecule has 0 radical (unpaired) electrons. The predicted octanol–water partition coefficient (Wildman–Crippen LogP) is 5.62. The second kappa shape index (κ2) is 10.1. The van der Waals surface area contributed by atoms with Crippen molar-refractivity contribution < 1.29 is 14.4 Å². The molecule has 7 nitrogen and oxygen atoms in total. The number of para-hydroxylation sites is 2. The van der Waals surface area contributed by atoms with Crippen LogP contribution in [-0.2, 0) is 17.6 Å². The van der Waals surface area contributed by atoms with Gasteiger partial charge in [-0.15, -0.1) is 0 Å².